The van der Waals surface area contributed by atoms with E-state index in [1.54, 1.807) is 12.1 Å². The number of fused-ring (bicyclic) bond motifs is 1. The number of nitrogens with zero attached hydrogens (tertiary/aromatic N) is 1. The second-order valence-electron chi connectivity index (χ2n) is 4.57. The van der Waals surface area contributed by atoms with E-state index in [2.05, 4.69) is 6.07 Å². The molecule has 0 aromatic heterocycles. The van der Waals surface area contributed by atoms with E-state index in [1.807, 2.05) is 24.3 Å². The first-order chi connectivity index (χ1) is 10.3. The van der Waals surface area contributed by atoms with Crippen molar-refractivity contribution in [3.8, 4) is 23.3 Å². The fraction of sp³-hybridized carbons (Fsp3) is 0.188. The molecule has 5 heteroatoms. The van der Waals surface area contributed by atoms with Crippen molar-refractivity contribution in [1.29, 1.82) is 5.26 Å². The van der Waals surface area contributed by atoms with Crippen LogP contribution < -0.4 is 19.9 Å². The Morgan fingerprint density at radius 2 is 1.90 bits per heavy atom. The number of hydrogen-bond donors (Lipinski definition) is 1. The summed E-state index contributed by atoms with van der Waals surface area (Å²) in [6.07, 6.45) is 0. The third kappa shape index (κ3) is 2.62. The minimum absolute atomic E-state index is 0.208. The van der Waals surface area contributed by atoms with Crippen LogP contribution in [0.5, 0.6) is 17.2 Å². The lowest BCUT2D eigenvalue weighted by Crippen LogP contribution is -2.04. The van der Waals surface area contributed by atoms with Gasteiger partial charge in [0.15, 0.2) is 11.5 Å². The highest BCUT2D eigenvalue weighted by Crippen LogP contribution is 2.38. The van der Waals surface area contributed by atoms with Crippen LogP contribution in [0.25, 0.3) is 0 Å². The van der Waals surface area contributed by atoms with Gasteiger partial charge in [0, 0.05) is 23.7 Å². The van der Waals surface area contributed by atoms with E-state index >= 15 is 0 Å². The van der Waals surface area contributed by atoms with Gasteiger partial charge in [0.2, 0.25) is 6.79 Å². The van der Waals surface area contributed by atoms with E-state index in [0.717, 1.165) is 11.1 Å². The molecule has 2 aromatic rings. The van der Waals surface area contributed by atoms with Crippen molar-refractivity contribution in [2.75, 3.05) is 6.79 Å². The minimum Gasteiger partial charge on any atom is -0.488 e. The van der Waals surface area contributed by atoms with Crippen molar-refractivity contribution < 1.29 is 14.2 Å². The predicted molar refractivity (Wildman–Crippen MR) is 75.9 cm³/mol. The molecule has 0 atom stereocenters. The molecule has 0 fully saturated rings. The molecule has 3 rings (SSSR count). The Bertz CT molecular complexity index is 707. The maximum absolute atomic E-state index is 9.08. The molecule has 0 bridgehead atoms. The van der Waals surface area contributed by atoms with Crippen LogP contribution >= 0.6 is 0 Å². The molecule has 0 unspecified atom stereocenters. The summed E-state index contributed by atoms with van der Waals surface area (Å²) in [6.45, 7) is 0.850. The van der Waals surface area contributed by atoms with Crippen LogP contribution in [0.4, 0.5) is 0 Å². The maximum Gasteiger partial charge on any atom is 0.231 e. The van der Waals surface area contributed by atoms with Gasteiger partial charge in [-0.15, -0.1) is 0 Å². The zero-order valence-electron chi connectivity index (χ0n) is 11.3. The molecule has 0 saturated heterocycles. The molecule has 106 valence electrons. The van der Waals surface area contributed by atoms with Crippen molar-refractivity contribution in [2.45, 2.75) is 13.2 Å². The Hall–Kier alpha value is -2.71. The number of benzene rings is 2. The average molecular weight is 282 g/mol. The van der Waals surface area contributed by atoms with Gasteiger partial charge in [-0.1, -0.05) is 18.2 Å². The first-order valence-corrected chi connectivity index (χ1v) is 6.55. The van der Waals surface area contributed by atoms with Gasteiger partial charge in [-0.2, -0.15) is 5.26 Å². The second-order valence-corrected chi connectivity index (χ2v) is 4.57. The van der Waals surface area contributed by atoms with Gasteiger partial charge >= 0.3 is 0 Å². The largest absolute Gasteiger partial charge is 0.488 e. The molecular formula is C16H14N2O3. The molecular weight excluding hydrogens is 268 g/mol. The summed E-state index contributed by atoms with van der Waals surface area (Å²) in [4.78, 5) is 0. The van der Waals surface area contributed by atoms with Gasteiger partial charge in [0.1, 0.15) is 12.4 Å². The molecule has 5 nitrogen and oxygen atoms in total. The van der Waals surface area contributed by atoms with E-state index in [1.165, 1.54) is 0 Å². The van der Waals surface area contributed by atoms with Gasteiger partial charge in [-0.25, -0.2) is 0 Å². The Morgan fingerprint density at radius 3 is 2.67 bits per heavy atom. The number of nitriles is 1. The van der Waals surface area contributed by atoms with E-state index in [9.17, 15) is 0 Å². The van der Waals surface area contributed by atoms with Gasteiger partial charge in [0.05, 0.1) is 11.6 Å². The summed E-state index contributed by atoms with van der Waals surface area (Å²) in [5.41, 5.74) is 8.02. The summed E-state index contributed by atoms with van der Waals surface area (Å²) in [5, 5.41) is 9.08. The smallest absolute Gasteiger partial charge is 0.231 e. The SMILES string of the molecule is N#Cc1ccccc1COc1cc2c(cc1CN)OCO2. The van der Waals surface area contributed by atoms with Crippen molar-refractivity contribution in [3.63, 3.8) is 0 Å². The highest BCUT2D eigenvalue weighted by Gasteiger charge is 2.17. The fourth-order valence-corrected chi connectivity index (χ4v) is 2.17. The lowest BCUT2D eigenvalue weighted by molar-refractivity contribution is 0.173. The Labute approximate surface area is 122 Å². The predicted octanol–water partition coefficient (Wildman–Crippen LogP) is 2.32. The lowest BCUT2D eigenvalue weighted by atomic mass is 10.1. The fourth-order valence-electron chi connectivity index (χ4n) is 2.17. The van der Waals surface area contributed by atoms with Crippen molar-refractivity contribution in [2.24, 2.45) is 5.73 Å². The number of ether oxygens (including phenoxy) is 3. The summed E-state index contributed by atoms with van der Waals surface area (Å²) in [6, 6.07) is 13.1. The molecule has 1 aliphatic rings. The third-order valence-electron chi connectivity index (χ3n) is 3.30. The van der Waals surface area contributed by atoms with Crippen LogP contribution in [0.1, 0.15) is 16.7 Å². The van der Waals surface area contributed by atoms with Gasteiger partial charge in [-0.3, -0.25) is 0 Å². The van der Waals surface area contributed by atoms with E-state index in [-0.39, 0.29) is 6.79 Å². The average Bonchev–Trinajstić information content (AvgIpc) is 2.99. The molecule has 1 aliphatic heterocycles. The summed E-state index contributed by atoms with van der Waals surface area (Å²) < 4.78 is 16.5. The third-order valence-corrected chi connectivity index (χ3v) is 3.30. The van der Waals surface area contributed by atoms with Crippen molar-refractivity contribution in [3.05, 3.63) is 53.1 Å². The first-order valence-electron chi connectivity index (χ1n) is 6.55. The Kier molecular flexibility index (Phi) is 3.63. The molecule has 2 N–H and O–H groups in total. The molecule has 2 aromatic carbocycles. The van der Waals surface area contributed by atoms with Crippen LogP contribution in [0.3, 0.4) is 0 Å². The van der Waals surface area contributed by atoms with Crippen molar-refractivity contribution >= 4 is 0 Å². The standard InChI is InChI=1S/C16H14N2O3/c17-7-11-3-1-2-4-12(11)9-19-14-6-16-15(20-10-21-16)5-13(14)8-18/h1-6H,8-10,18H2. The zero-order chi connectivity index (χ0) is 14.7. The van der Waals surface area contributed by atoms with Crippen LogP contribution in [-0.2, 0) is 13.2 Å². The van der Waals surface area contributed by atoms with Gasteiger partial charge in [0.25, 0.3) is 0 Å². The number of hydrogen-bond acceptors (Lipinski definition) is 5. The Balaban J connectivity index is 1.84. The molecule has 0 radical (unpaired) electrons. The highest BCUT2D eigenvalue weighted by molar-refractivity contribution is 5.52. The van der Waals surface area contributed by atoms with Crippen LogP contribution in [-0.4, -0.2) is 6.79 Å². The number of nitrogens with two attached hydrogens (primary N) is 1. The number of rotatable bonds is 4. The van der Waals surface area contributed by atoms with E-state index in [0.29, 0.717) is 36.0 Å². The zero-order valence-corrected chi connectivity index (χ0v) is 11.3. The van der Waals surface area contributed by atoms with Gasteiger partial charge < -0.3 is 19.9 Å². The first kappa shape index (κ1) is 13.3. The van der Waals surface area contributed by atoms with Gasteiger partial charge in [-0.05, 0) is 12.1 Å². The van der Waals surface area contributed by atoms with E-state index in [4.69, 9.17) is 25.2 Å². The quantitative estimate of drug-likeness (QED) is 0.931. The Morgan fingerprint density at radius 1 is 1.14 bits per heavy atom. The molecule has 0 amide bonds. The highest BCUT2D eigenvalue weighted by atomic mass is 16.7. The molecule has 0 aliphatic carbocycles. The lowest BCUT2D eigenvalue weighted by Gasteiger charge is -2.12. The molecule has 1 heterocycles. The summed E-state index contributed by atoms with van der Waals surface area (Å²) in [7, 11) is 0. The van der Waals surface area contributed by atoms with Crippen LogP contribution in [0.2, 0.25) is 0 Å². The topological polar surface area (TPSA) is 77.5 Å². The summed E-state index contributed by atoms with van der Waals surface area (Å²) >= 11 is 0. The normalized spacial score (nSPS) is 12.0. The monoisotopic (exact) mass is 282 g/mol. The van der Waals surface area contributed by atoms with Crippen molar-refractivity contribution in [1.82, 2.24) is 0 Å². The molecule has 0 saturated carbocycles. The van der Waals surface area contributed by atoms with Crippen LogP contribution in [0, 0.1) is 11.3 Å². The maximum atomic E-state index is 9.08. The summed E-state index contributed by atoms with van der Waals surface area (Å²) in [5.74, 6) is 1.98. The molecule has 0 spiro atoms. The van der Waals surface area contributed by atoms with Crippen LogP contribution in [0.15, 0.2) is 36.4 Å². The second kappa shape index (κ2) is 5.73. The molecule has 21 heavy (non-hydrogen) atoms. The van der Waals surface area contributed by atoms with E-state index < -0.39 is 0 Å². The minimum atomic E-state index is 0.208.